The van der Waals surface area contributed by atoms with Gasteiger partial charge in [0.25, 0.3) is 0 Å². The molecule has 18 heavy (non-hydrogen) atoms. The molecule has 0 amide bonds. The average Bonchev–Trinajstić information content (AvgIpc) is 2.44. The van der Waals surface area contributed by atoms with Crippen molar-refractivity contribution >= 4 is 6.29 Å². The lowest BCUT2D eigenvalue weighted by atomic mass is 10.1. The van der Waals surface area contributed by atoms with Crippen molar-refractivity contribution in [1.82, 2.24) is 4.90 Å². The number of piperidine rings is 1. The van der Waals surface area contributed by atoms with Gasteiger partial charge in [-0.1, -0.05) is 26.0 Å². The van der Waals surface area contributed by atoms with E-state index < -0.39 is 0 Å². The quantitative estimate of drug-likeness (QED) is 0.771. The number of hydrogen-bond donors (Lipinski definition) is 0. The normalized spacial score (nSPS) is 16.6. The van der Waals surface area contributed by atoms with E-state index in [4.69, 9.17) is 4.74 Å². The number of carbonyl (C=O) groups excluding carboxylic acids is 1. The predicted octanol–water partition coefficient (Wildman–Crippen LogP) is 3.00. The minimum absolute atomic E-state index is 0.290. The lowest BCUT2D eigenvalue weighted by Crippen LogP contribution is -2.35. The van der Waals surface area contributed by atoms with E-state index >= 15 is 0 Å². The Bertz CT molecular complexity index is 357. The maximum Gasteiger partial charge on any atom is 0.150 e. The summed E-state index contributed by atoms with van der Waals surface area (Å²) in [5.41, 5.74) is 0.672. The van der Waals surface area contributed by atoms with Crippen LogP contribution in [0.2, 0.25) is 0 Å². The Hall–Kier alpha value is -1.35. The van der Waals surface area contributed by atoms with Crippen molar-refractivity contribution in [3.8, 4) is 5.75 Å². The Balaban J connectivity index is 0.000000771. The summed E-state index contributed by atoms with van der Waals surface area (Å²) in [6.45, 7) is 6.16. The molecule has 1 aromatic carbocycles. The summed E-state index contributed by atoms with van der Waals surface area (Å²) in [6.07, 6.45) is 3.25. The standard InChI is InChI=1S/C13H17NO2.C2H6/c1-14-7-5-12(6-8-14)16-13-4-2-3-11(9-13)10-15;1-2/h2-4,9-10,12H,5-8H2,1H3;1-2H3. The van der Waals surface area contributed by atoms with Crippen molar-refractivity contribution in [2.75, 3.05) is 20.1 Å². The zero-order valence-corrected chi connectivity index (χ0v) is 11.6. The molecule has 0 N–H and O–H groups in total. The first-order chi connectivity index (χ1) is 8.78. The molecule has 1 aliphatic rings. The monoisotopic (exact) mass is 249 g/mol. The van der Waals surface area contributed by atoms with Crippen LogP contribution in [0.25, 0.3) is 0 Å². The molecule has 1 aromatic rings. The Labute approximate surface area is 110 Å². The SMILES string of the molecule is CC.CN1CCC(Oc2cccc(C=O)c2)CC1. The van der Waals surface area contributed by atoms with Gasteiger partial charge < -0.3 is 9.64 Å². The van der Waals surface area contributed by atoms with Crippen LogP contribution in [-0.2, 0) is 0 Å². The first kappa shape index (κ1) is 14.7. The molecule has 0 unspecified atom stereocenters. The molecule has 0 aromatic heterocycles. The molecule has 0 radical (unpaired) electrons. The maximum atomic E-state index is 10.6. The van der Waals surface area contributed by atoms with Crippen molar-refractivity contribution in [2.24, 2.45) is 0 Å². The highest BCUT2D eigenvalue weighted by Gasteiger charge is 2.17. The summed E-state index contributed by atoms with van der Waals surface area (Å²) in [6, 6.07) is 7.35. The van der Waals surface area contributed by atoms with Gasteiger partial charge in [-0.25, -0.2) is 0 Å². The summed E-state index contributed by atoms with van der Waals surface area (Å²) in [7, 11) is 2.13. The number of aldehydes is 1. The minimum atomic E-state index is 0.290. The molecule has 1 aliphatic heterocycles. The molecular formula is C15H23NO2. The highest BCUT2D eigenvalue weighted by atomic mass is 16.5. The Morgan fingerprint density at radius 2 is 1.94 bits per heavy atom. The first-order valence-corrected chi connectivity index (χ1v) is 6.68. The lowest BCUT2D eigenvalue weighted by Gasteiger charge is -2.29. The third-order valence-corrected chi connectivity index (χ3v) is 2.96. The highest BCUT2D eigenvalue weighted by molar-refractivity contribution is 5.75. The molecule has 1 fully saturated rings. The molecule has 0 atom stereocenters. The molecule has 3 nitrogen and oxygen atoms in total. The minimum Gasteiger partial charge on any atom is -0.490 e. The molecular weight excluding hydrogens is 226 g/mol. The number of hydrogen-bond acceptors (Lipinski definition) is 3. The van der Waals surface area contributed by atoms with E-state index in [1.807, 2.05) is 26.0 Å². The van der Waals surface area contributed by atoms with Crippen molar-refractivity contribution in [3.05, 3.63) is 29.8 Å². The zero-order chi connectivity index (χ0) is 13.4. The van der Waals surface area contributed by atoms with Crippen LogP contribution in [0.5, 0.6) is 5.75 Å². The molecule has 0 saturated carbocycles. The molecule has 3 heteroatoms. The van der Waals surface area contributed by atoms with Crippen LogP contribution in [-0.4, -0.2) is 37.4 Å². The summed E-state index contributed by atoms with van der Waals surface area (Å²) < 4.78 is 5.86. The van der Waals surface area contributed by atoms with E-state index in [0.717, 1.165) is 38.0 Å². The largest absolute Gasteiger partial charge is 0.490 e. The van der Waals surface area contributed by atoms with Crippen molar-refractivity contribution in [3.63, 3.8) is 0 Å². The zero-order valence-electron chi connectivity index (χ0n) is 11.6. The molecule has 1 saturated heterocycles. The molecule has 2 rings (SSSR count). The number of rotatable bonds is 3. The highest BCUT2D eigenvalue weighted by Crippen LogP contribution is 2.19. The van der Waals surface area contributed by atoms with Gasteiger partial charge in [-0.2, -0.15) is 0 Å². The Morgan fingerprint density at radius 3 is 2.56 bits per heavy atom. The van der Waals surface area contributed by atoms with Gasteiger partial charge in [0.05, 0.1) is 0 Å². The van der Waals surface area contributed by atoms with Gasteiger partial charge in [-0.15, -0.1) is 0 Å². The summed E-state index contributed by atoms with van der Waals surface area (Å²) in [5, 5.41) is 0. The van der Waals surface area contributed by atoms with Crippen molar-refractivity contribution < 1.29 is 9.53 Å². The fourth-order valence-electron chi connectivity index (χ4n) is 1.96. The molecule has 0 aliphatic carbocycles. The van der Waals surface area contributed by atoms with E-state index in [1.54, 1.807) is 12.1 Å². The molecule has 100 valence electrons. The van der Waals surface area contributed by atoms with E-state index in [9.17, 15) is 4.79 Å². The van der Waals surface area contributed by atoms with Crippen LogP contribution in [0.1, 0.15) is 37.0 Å². The van der Waals surface area contributed by atoms with Gasteiger partial charge in [0.15, 0.2) is 0 Å². The predicted molar refractivity (Wildman–Crippen MR) is 74.3 cm³/mol. The van der Waals surface area contributed by atoms with E-state index in [1.165, 1.54) is 0 Å². The third kappa shape index (κ3) is 4.49. The van der Waals surface area contributed by atoms with E-state index in [-0.39, 0.29) is 6.10 Å². The number of carbonyl (C=O) groups is 1. The smallest absolute Gasteiger partial charge is 0.150 e. The average molecular weight is 249 g/mol. The number of ether oxygens (including phenoxy) is 1. The second kappa shape index (κ2) is 7.88. The Kier molecular flexibility index (Phi) is 6.44. The maximum absolute atomic E-state index is 10.6. The van der Waals surface area contributed by atoms with Gasteiger partial charge in [0.1, 0.15) is 18.1 Å². The van der Waals surface area contributed by atoms with Crippen molar-refractivity contribution in [1.29, 1.82) is 0 Å². The van der Waals surface area contributed by atoms with Crippen LogP contribution in [0.4, 0.5) is 0 Å². The van der Waals surface area contributed by atoms with Crippen LogP contribution < -0.4 is 4.74 Å². The van der Waals surface area contributed by atoms with E-state index in [2.05, 4.69) is 11.9 Å². The van der Waals surface area contributed by atoms with E-state index in [0.29, 0.717) is 5.56 Å². The fraction of sp³-hybridized carbons (Fsp3) is 0.533. The van der Waals surface area contributed by atoms with Crippen LogP contribution in [0.15, 0.2) is 24.3 Å². The molecule has 0 bridgehead atoms. The summed E-state index contributed by atoms with van der Waals surface area (Å²) >= 11 is 0. The van der Waals surface area contributed by atoms with Crippen LogP contribution >= 0.6 is 0 Å². The second-order valence-corrected chi connectivity index (χ2v) is 4.31. The van der Waals surface area contributed by atoms with Gasteiger partial charge in [-0.05, 0) is 32.0 Å². The molecule has 0 spiro atoms. The summed E-state index contributed by atoms with van der Waals surface area (Å²) in [4.78, 5) is 12.9. The number of benzene rings is 1. The van der Waals surface area contributed by atoms with Gasteiger partial charge in [-0.3, -0.25) is 4.79 Å². The van der Waals surface area contributed by atoms with Gasteiger partial charge >= 0.3 is 0 Å². The first-order valence-electron chi connectivity index (χ1n) is 6.68. The Morgan fingerprint density at radius 1 is 1.28 bits per heavy atom. The van der Waals surface area contributed by atoms with Gasteiger partial charge in [0.2, 0.25) is 0 Å². The number of nitrogens with zero attached hydrogens (tertiary/aromatic N) is 1. The number of likely N-dealkylation sites (tertiary alicyclic amines) is 1. The van der Waals surface area contributed by atoms with Crippen LogP contribution in [0.3, 0.4) is 0 Å². The van der Waals surface area contributed by atoms with Crippen molar-refractivity contribution in [2.45, 2.75) is 32.8 Å². The topological polar surface area (TPSA) is 29.5 Å². The lowest BCUT2D eigenvalue weighted by molar-refractivity contribution is 0.110. The summed E-state index contributed by atoms with van der Waals surface area (Å²) in [5.74, 6) is 0.805. The second-order valence-electron chi connectivity index (χ2n) is 4.31. The van der Waals surface area contributed by atoms with Gasteiger partial charge in [0, 0.05) is 18.7 Å². The third-order valence-electron chi connectivity index (χ3n) is 2.96. The molecule has 1 heterocycles. The van der Waals surface area contributed by atoms with Crippen LogP contribution in [0, 0.1) is 0 Å². The fourth-order valence-corrected chi connectivity index (χ4v) is 1.96.